The fourth-order valence-corrected chi connectivity index (χ4v) is 5.08. The third-order valence-corrected chi connectivity index (χ3v) is 6.46. The molecular weight excluding hydrogens is 270 g/mol. The summed E-state index contributed by atoms with van der Waals surface area (Å²) in [5.74, 6) is 1.60. The first kappa shape index (κ1) is 16.5. The molecule has 2 heteroatoms. The lowest BCUT2D eigenvalue weighted by atomic mass is 9.75. The minimum absolute atomic E-state index is 0.187. The zero-order valence-electron chi connectivity index (χ0n) is 14.3. The highest BCUT2D eigenvalue weighted by Crippen LogP contribution is 2.33. The predicted octanol–water partition coefficient (Wildman–Crippen LogP) is 5.01. The standard InChI is InChI=1S/C20H35NO/c22-20(17-12-6-2-7-13-17)19(16-10-4-1-5-11-16)21-18-14-8-3-9-15-18/h16-19,21H,1-15H2. The summed E-state index contributed by atoms with van der Waals surface area (Å²) >= 11 is 0. The molecule has 3 aliphatic rings. The van der Waals surface area contributed by atoms with Crippen LogP contribution in [0.15, 0.2) is 0 Å². The van der Waals surface area contributed by atoms with Crippen LogP contribution in [0.3, 0.4) is 0 Å². The molecule has 0 spiro atoms. The number of hydrogen-bond acceptors (Lipinski definition) is 2. The summed E-state index contributed by atoms with van der Waals surface area (Å²) in [4.78, 5) is 13.2. The van der Waals surface area contributed by atoms with Crippen molar-refractivity contribution in [3.05, 3.63) is 0 Å². The van der Waals surface area contributed by atoms with Crippen LogP contribution in [0.25, 0.3) is 0 Å². The van der Waals surface area contributed by atoms with Crippen LogP contribution in [0.4, 0.5) is 0 Å². The average molecular weight is 306 g/mol. The fourth-order valence-electron chi connectivity index (χ4n) is 5.08. The Kier molecular flexibility index (Phi) is 6.35. The van der Waals surface area contributed by atoms with Crippen LogP contribution in [0.5, 0.6) is 0 Å². The molecule has 22 heavy (non-hydrogen) atoms. The quantitative estimate of drug-likeness (QED) is 0.774. The molecule has 3 rings (SSSR count). The van der Waals surface area contributed by atoms with Gasteiger partial charge in [0.1, 0.15) is 0 Å². The van der Waals surface area contributed by atoms with Crippen molar-refractivity contribution < 1.29 is 4.79 Å². The number of ketones is 1. The first-order valence-corrected chi connectivity index (χ1v) is 10.1. The Morgan fingerprint density at radius 1 is 0.682 bits per heavy atom. The van der Waals surface area contributed by atoms with Gasteiger partial charge in [-0.3, -0.25) is 4.79 Å². The van der Waals surface area contributed by atoms with Crippen molar-refractivity contribution in [2.75, 3.05) is 0 Å². The van der Waals surface area contributed by atoms with E-state index in [1.165, 1.54) is 83.5 Å². The van der Waals surface area contributed by atoms with Gasteiger partial charge in [-0.1, -0.05) is 57.8 Å². The summed E-state index contributed by atoms with van der Waals surface area (Å²) in [6.07, 6.45) is 19.5. The van der Waals surface area contributed by atoms with Crippen LogP contribution in [-0.2, 0) is 4.79 Å². The zero-order valence-corrected chi connectivity index (χ0v) is 14.3. The largest absolute Gasteiger partial charge is 0.304 e. The SMILES string of the molecule is O=C(C1CCCCC1)C(NC1CCCCC1)C1CCCCC1. The molecule has 1 N–H and O–H groups in total. The number of nitrogens with one attached hydrogen (secondary N) is 1. The van der Waals surface area contributed by atoms with Gasteiger partial charge >= 0.3 is 0 Å². The fraction of sp³-hybridized carbons (Fsp3) is 0.950. The van der Waals surface area contributed by atoms with Crippen molar-refractivity contribution in [3.8, 4) is 0 Å². The molecule has 3 fully saturated rings. The lowest BCUT2D eigenvalue weighted by Gasteiger charge is -2.37. The van der Waals surface area contributed by atoms with Crippen molar-refractivity contribution >= 4 is 5.78 Å². The first-order valence-electron chi connectivity index (χ1n) is 10.1. The Hall–Kier alpha value is -0.370. The third-order valence-electron chi connectivity index (χ3n) is 6.46. The van der Waals surface area contributed by atoms with Gasteiger partial charge in [0.2, 0.25) is 0 Å². The van der Waals surface area contributed by atoms with Crippen LogP contribution >= 0.6 is 0 Å². The maximum Gasteiger partial charge on any atom is 0.153 e. The molecule has 126 valence electrons. The topological polar surface area (TPSA) is 29.1 Å². The van der Waals surface area contributed by atoms with Gasteiger partial charge in [0.25, 0.3) is 0 Å². The monoisotopic (exact) mass is 305 g/mol. The number of rotatable bonds is 5. The third kappa shape index (κ3) is 4.34. The zero-order chi connectivity index (χ0) is 15.2. The van der Waals surface area contributed by atoms with Crippen molar-refractivity contribution in [2.24, 2.45) is 11.8 Å². The molecule has 0 aromatic rings. The summed E-state index contributed by atoms with van der Waals surface area (Å²) in [7, 11) is 0. The summed E-state index contributed by atoms with van der Waals surface area (Å²) in [5.41, 5.74) is 0. The van der Waals surface area contributed by atoms with E-state index < -0.39 is 0 Å². The van der Waals surface area contributed by atoms with Crippen molar-refractivity contribution in [1.29, 1.82) is 0 Å². The van der Waals surface area contributed by atoms with Crippen molar-refractivity contribution in [1.82, 2.24) is 5.32 Å². The van der Waals surface area contributed by atoms with E-state index in [1.807, 2.05) is 0 Å². The van der Waals surface area contributed by atoms with E-state index >= 15 is 0 Å². The van der Waals surface area contributed by atoms with Gasteiger partial charge < -0.3 is 5.32 Å². The summed E-state index contributed by atoms with van der Waals surface area (Å²) in [5, 5.41) is 3.87. The molecule has 1 atom stereocenters. The smallest absolute Gasteiger partial charge is 0.153 e. The van der Waals surface area contributed by atoms with Gasteiger partial charge in [0, 0.05) is 12.0 Å². The molecule has 3 saturated carbocycles. The maximum absolute atomic E-state index is 13.2. The summed E-state index contributed by atoms with van der Waals surface area (Å²) in [6, 6.07) is 0.805. The number of Topliss-reactive ketones (excluding diaryl/α,β-unsaturated/α-hetero) is 1. The highest BCUT2D eigenvalue weighted by Gasteiger charge is 2.35. The van der Waals surface area contributed by atoms with Crippen molar-refractivity contribution in [3.63, 3.8) is 0 Å². The Morgan fingerprint density at radius 2 is 1.18 bits per heavy atom. The Labute approximate surface area is 136 Å². The molecular formula is C20H35NO. The molecule has 0 bridgehead atoms. The highest BCUT2D eigenvalue weighted by molar-refractivity contribution is 5.86. The van der Waals surface area contributed by atoms with E-state index in [0.717, 1.165) is 12.8 Å². The predicted molar refractivity (Wildman–Crippen MR) is 92.0 cm³/mol. The average Bonchev–Trinajstić information content (AvgIpc) is 2.61. The van der Waals surface area contributed by atoms with Crippen molar-refractivity contribution in [2.45, 2.75) is 108 Å². The number of carbonyl (C=O) groups is 1. The second-order valence-electron chi connectivity index (χ2n) is 8.11. The molecule has 1 unspecified atom stereocenters. The number of hydrogen-bond donors (Lipinski definition) is 1. The van der Waals surface area contributed by atoms with Crippen LogP contribution in [-0.4, -0.2) is 17.9 Å². The van der Waals surface area contributed by atoms with Gasteiger partial charge in [0.15, 0.2) is 5.78 Å². The lowest BCUT2D eigenvalue weighted by molar-refractivity contribution is -0.128. The molecule has 0 heterocycles. The number of carbonyl (C=O) groups excluding carboxylic acids is 1. The summed E-state index contributed by atoms with van der Waals surface area (Å²) in [6.45, 7) is 0. The van der Waals surface area contributed by atoms with Gasteiger partial charge in [-0.05, 0) is 44.4 Å². The first-order chi connectivity index (χ1) is 10.8. The van der Waals surface area contributed by atoms with E-state index in [-0.39, 0.29) is 6.04 Å². The van der Waals surface area contributed by atoms with Gasteiger partial charge in [-0.2, -0.15) is 0 Å². The van der Waals surface area contributed by atoms with E-state index in [0.29, 0.717) is 23.7 Å². The Bertz CT molecular complexity index is 336. The second kappa shape index (κ2) is 8.47. The van der Waals surface area contributed by atoms with Gasteiger partial charge in [-0.15, -0.1) is 0 Å². The van der Waals surface area contributed by atoms with Crippen LogP contribution in [0, 0.1) is 11.8 Å². The van der Waals surface area contributed by atoms with Crippen LogP contribution in [0.1, 0.15) is 96.3 Å². The maximum atomic E-state index is 13.2. The van der Waals surface area contributed by atoms with E-state index in [4.69, 9.17) is 0 Å². The Balaban J connectivity index is 1.64. The molecule has 0 amide bonds. The Morgan fingerprint density at radius 3 is 1.77 bits per heavy atom. The van der Waals surface area contributed by atoms with Gasteiger partial charge in [-0.25, -0.2) is 0 Å². The molecule has 0 aromatic heterocycles. The highest BCUT2D eigenvalue weighted by atomic mass is 16.1. The normalized spacial score (nSPS) is 27.6. The minimum Gasteiger partial charge on any atom is -0.304 e. The molecule has 0 aliphatic heterocycles. The van der Waals surface area contributed by atoms with Gasteiger partial charge in [0.05, 0.1) is 6.04 Å². The molecule has 2 nitrogen and oxygen atoms in total. The molecule has 3 aliphatic carbocycles. The minimum atomic E-state index is 0.187. The van der Waals surface area contributed by atoms with Crippen LogP contribution in [0.2, 0.25) is 0 Å². The molecule has 0 aromatic carbocycles. The van der Waals surface area contributed by atoms with Crippen LogP contribution < -0.4 is 5.32 Å². The molecule has 0 radical (unpaired) electrons. The van der Waals surface area contributed by atoms with E-state index in [2.05, 4.69) is 5.32 Å². The second-order valence-corrected chi connectivity index (χ2v) is 8.11. The van der Waals surface area contributed by atoms with E-state index in [9.17, 15) is 4.79 Å². The molecule has 0 saturated heterocycles. The van der Waals surface area contributed by atoms with E-state index in [1.54, 1.807) is 0 Å². The lowest BCUT2D eigenvalue weighted by Crippen LogP contribution is -2.51. The summed E-state index contributed by atoms with van der Waals surface area (Å²) < 4.78 is 0.